The number of hydrogen-bond donors (Lipinski definition) is 3. The average molecular weight is 473 g/mol. The lowest BCUT2D eigenvalue weighted by atomic mass is 9.96. The van der Waals surface area contributed by atoms with Crippen molar-refractivity contribution in [3.8, 4) is 34.6 Å². The standard InChI is InChI=1S/C25H20N4O4S/c1-3-33-24-16(12-26)18(13-7-5-4-6-8-13)19-20-21(34-25(19)29-24)23(31)28-22(27-20)15-10-9-14(30)11-17(15)32-2/h4-11,22,27,30H,3H2,1-2H3,(H,28,31). The van der Waals surface area contributed by atoms with Gasteiger partial charge in [-0.3, -0.25) is 4.79 Å². The molecule has 1 atom stereocenters. The van der Waals surface area contributed by atoms with Crippen molar-refractivity contribution < 1.29 is 19.4 Å². The van der Waals surface area contributed by atoms with E-state index in [2.05, 4.69) is 21.7 Å². The second kappa shape index (κ2) is 8.57. The van der Waals surface area contributed by atoms with Gasteiger partial charge in [-0.25, -0.2) is 4.98 Å². The third-order valence-electron chi connectivity index (χ3n) is 5.56. The topological polar surface area (TPSA) is 116 Å². The molecule has 0 saturated carbocycles. The van der Waals surface area contributed by atoms with E-state index in [1.54, 1.807) is 6.07 Å². The fourth-order valence-electron chi connectivity index (χ4n) is 4.12. The average Bonchev–Trinajstić information content (AvgIpc) is 3.22. The number of aromatic nitrogens is 1. The molecule has 1 unspecified atom stereocenters. The molecule has 5 rings (SSSR count). The maximum Gasteiger partial charge on any atom is 0.265 e. The van der Waals surface area contributed by atoms with Crippen LogP contribution in [0.5, 0.6) is 17.4 Å². The molecule has 3 heterocycles. The molecule has 3 N–H and O–H groups in total. The van der Waals surface area contributed by atoms with Crippen molar-refractivity contribution >= 4 is 33.1 Å². The first-order chi connectivity index (χ1) is 16.5. The van der Waals surface area contributed by atoms with Gasteiger partial charge in [-0.2, -0.15) is 5.26 Å². The number of pyridine rings is 1. The van der Waals surface area contributed by atoms with Gasteiger partial charge >= 0.3 is 0 Å². The first kappa shape index (κ1) is 21.6. The van der Waals surface area contributed by atoms with Crippen LogP contribution in [0.1, 0.15) is 33.9 Å². The van der Waals surface area contributed by atoms with E-state index in [-0.39, 0.29) is 17.5 Å². The summed E-state index contributed by atoms with van der Waals surface area (Å²) in [5, 5.41) is 26.9. The summed E-state index contributed by atoms with van der Waals surface area (Å²) in [6.45, 7) is 2.19. The summed E-state index contributed by atoms with van der Waals surface area (Å²) in [7, 11) is 1.50. The van der Waals surface area contributed by atoms with Crippen LogP contribution in [-0.2, 0) is 0 Å². The van der Waals surface area contributed by atoms with Crippen molar-refractivity contribution in [1.82, 2.24) is 10.3 Å². The van der Waals surface area contributed by atoms with Gasteiger partial charge in [0.15, 0.2) is 0 Å². The van der Waals surface area contributed by atoms with Crippen LogP contribution in [-0.4, -0.2) is 29.7 Å². The number of hydrogen-bond acceptors (Lipinski definition) is 8. The van der Waals surface area contributed by atoms with Crippen LogP contribution in [0.15, 0.2) is 48.5 Å². The van der Waals surface area contributed by atoms with Crippen molar-refractivity contribution in [2.45, 2.75) is 13.1 Å². The Balaban J connectivity index is 1.77. The quantitative estimate of drug-likeness (QED) is 0.382. The number of fused-ring (bicyclic) bond motifs is 3. The largest absolute Gasteiger partial charge is 0.508 e. The van der Waals surface area contributed by atoms with Gasteiger partial charge in [0.05, 0.1) is 19.4 Å². The number of nitrogens with one attached hydrogen (secondary N) is 2. The zero-order valence-corrected chi connectivity index (χ0v) is 19.2. The van der Waals surface area contributed by atoms with Crippen LogP contribution >= 0.6 is 11.3 Å². The minimum Gasteiger partial charge on any atom is -0.508 e. The smallest absolute Gasteiger partial charge is 0.265 e. The molecular weight excluding hydrogens is 452 g/mol. The molecular formula is C25H20N4O4S. The van der Waals surface area contributed by atoms with Gasteiger partial charge in [0.25, 0.3) is 5.91 Å². The van der Waals surface area contributed by atoms with Crippen molar-refractivity contribution in [3.05, 3.63) is 64.5 Å². The number of amides is 1. The first-order valence-corrected chi connectivity index (χ1v) is 11.4. The number of carbonyl (C=O) groups excluding carboxylic acids is 1. The Morgan fingerprint density at radius 3 is 2.71 bits per heavy atom. The predicted molar refractivity (Wildman–Crippen MR) is 129 cm³/mol. The van der Waals surface area contributed by atoms with Gasteiger partial charge < -0.3 is 25.2 Å². The molecule has 170 valence electrons. The van der Waals surface area contributed by atoms with Gasteiger partial charge in [0.1, 0.15) is 39.0 Å². The number of phenolic OH excluding ortho intramolecular Hbond substituents is 1. The number of rotatable bonds is 5. The summed E-state index contributed by atoms with van der Waals surface area (Å²) in [4.78, 5) is 18.8. The fraction of sp³-hybridized carbons (Fsp3) is 0.160. The zero-order valence-electron chi connectivity index (χ0n) is 18.4. The molecule has 0 radical (unpaired) electrons. The molecule has 4 aromatic rings. The normalized spacial score (nSPS) is 14.6. The molecule has 8 nitrogen and oxygen atoms in total. The van der Waals surface area contributed by atoms with E-state index in [1.807, 2.05) is 37.3 Å². The van der Waals surface area contributed by atoms with E-state index in [4.69, 9.17) is 9.47 Å². The second-order valence-corrected chi connectivity index (χ2v) is 8.54. The fourth-order valence-corrected chi connectivity index (χ4v) is 5.16. The molecule has 34 heavy (non-hydrogen) atoms. The van der Waals surface area contributed by atoms with Gasteiger partial charge in [-0.1, -0.05) is 30.3 Å². The number of nitriles is 1. The lowest BCUT2D eigenvalue weighted by Gasteiger charge is -2.28. The van der Waals surface area contributed by atoms with Crippen LogP contribution in [0, 0.1) is 11.3 Å². The maximum atomic E-state index is 13.2. The monoisotopic (exact) mass is 472 g/mol. The molecule has 0 aliphatic carbocycles. The summed E-state index contributed by atoms with van der Waals surface area (Å²) in [6, 6.07) is 16.5. The van der Waals surface area contributed by atoms with Crippen LogP contribution in [0.2, 0.25) is 0 Å². The number of phenols is 1. The summed E-state index contributed by atoms with van der Waals surface area (Å²) in [5.74, 6) is 0.458. The number of nitrogens with zero attached hydrogens (tertiary/aromatic N) is 2. The van der Waals surface area contributed by atoms with Crippen molar-refractivity contribution in [2.75, 3.05) is 19.0 Å². The first-order valence-electron chi connectivity index (χ1n) is 10.6. The van der Waals surface area contributed by atoms with Gasteiger partial charge in [-0.05, 0) is 24.6 Å². The zero-order chi connectivity index (χ0) is 23.8. The van der Waals surface area contributed by atoms with Crippen molar-refractivity contribution in [1.29, 1.82) is 5.26 Å². The molecule has 1 amide bonds. The molecule has 9 heteroatoms. The van der Waals surface area contributed by atoms with Crippen molar-refractivity contribution in [2.24, 2.45) is 0 Å². The molecule has 0 spiro atoms. The van der Waals surface area contributed by atoms with Crippen molar-refractivity contribution in [3.63, 3.8) is 0 Å². The molecule has 1 aliphatic heterocycles. The number of thiophene rings is 1. The molecule has 2 aromatic carbocycles. The van der Waals surface area contributed by atoms with E-state index in [0.717, 1.165) is 5.56 Å². The highest BCUT2D eigenvalue weighted by molar-refractivity contribution is 7.21. The Labute approximate surface area is 199 Å². The highest BCUT2D eigenvalue weighted by Crippen LogP contribution is 2.47. The molecule has 2 aromatic heterocycles. The number of benzene rings is 2. The van der Waals surface area contributed by atoms with E-state index in [9.17, 15) is 15.2 Å². The Hall–Kier alpha value is -4.29. The number of carbonyl (C=O) groups is 1. The number of methoxy groups -OCH3 is 1. The molecule has 0 fully saturated rings. The van der Waals surface area contributed by atoms with E-state index in [0.29, 0.717) is 49.8 Å². The minimum atomic E-state index is -0.617. The van der Waals surface area contributed by atoms with Gasteiger partial charge in [0.2, 0.25) is 5.88 Å². The lowest BCUT2D eigenvalue weighted by molar-refractivity contribution is 0.0940. The summed E-state index contributed by atoms with van der Waals surface area (Å²) in [6.07, 6.45) is -0.617. The maximum absolute atomic E-state index is 13.2. The van der Waals surface area contributed by atoms with Crippen LogP contribution < -0.4 is 20.1 Å². The van der Waals surface area contributed by atoms with Gasteiger partial charge in [-0.15, -0.1) is 11.3 Å². The Kier molecular flexibility index (Phi) is 5.43. The van der Waals surface area contributed by atoms with Crippen LogP contribution in [0.25, 0.3) is 21.3 Å². The molecule has 1 aliphatic rings. The Bertz CT molecular complexity index is 1460. The number of aromatic hydroxyl groups is 1. The Morgan fingerprint density at radius 1 is 1.21 bits per heavy atom. The van der Waals surface area contributed by atoms with Crippen LogP contribution in [0.3, 0.4) is 0 Å². The molecule has 0 bridgehead atoms. The summed E-state index contributed by atoms with van der Waals surface area (Å²) >= 11 is 1.24. The summed E-state index contributed by atoms with van der Waals surface area (Å²) in [5.41, 5.74) is 3.04. The Morgan fingerprint density at radius 2 is 2.00 bits per heavy atom. The summed E-state index contributed by atoms with van der Waals surface area (Å²) < 4.78 is 11.1. The SMILES string of the molecule is CCOc1nc2sc3c(c2c(-c2ccccc2)c1C#N)NC(c1ccc(O)cc1OC)NC3=O. The third kappa shape index (κ3) is 3.45. The van der Waals surface area contributed by atoms with Gasteiger partial charge in [0, 0.05) is 22.6 Å². The third-order valence-corrected chi connectivity index (χ3v) is 6.64. The van der Waals surface area contributed by atoms with Crippen LogP contribution in [0.4, 0.5) is 5.69 Å². The highest BCUT2D eigenvalue weighted by atomic mass is 32.1. The predicted octanol–water partition coefficient (Wildman–Crippen LogP) is 4.80. The molecule has 0 saturated heterocycles. The number of ether oxygens (including phenoxy) is 2. The lowest BCUT2D eigenvalue weighted by Crippen LogP contribution is -2.37. The number of anilines is 1. The minimum absolute atomic E-state index is 0.0575. The highest BCUT2D eigenvalue weighted by Gasteiger charge is 2.33. The second-order valence-electron chi connectivity index (χ2n) is 7.54. The van der Waals surface area contributed by atoms with E-state index >= 15 is 0 Å². The van der Waals surface area contributed by atoms with E-state index < -0.39 is 6.17 Å². The van der Waals surface area contributed by atoms with E-state index in [1.165, 1.54) is 30.6 Å².